The molecule has 0 saturated carbocycles. The van der Waals surface area contributed by atoms with Crippen LogP contribution in [0, 0.1) is 0 Å². The van der Waals surface area contributed by atoms with Gasteiger partial charge in [0.05, 0.1) is 30.0 Å². The summed E-state index contributed by atoms with van der Waals surface area (Å²) in [4.78, 5) is 27.9. The molecule has 0 unspecified atom stereocenters. The Kier molecular flexibility index (Phi) is 11.1. The predicted molar refractivity (Wildman–Crippen MR) is 207 cm³/mol. The first-order chi connectivity index (χ1) is 25.3. The smallest absolute Gasteiger partial charge is 0.220 e. The Morgan fingerprint density at radius 2 is 1.40 bits per heavy atom. The van der Waals surface area contributed by atoms with Crippen molar-refractivity contribution in [3.05, 3.63) is 98.5 Å². The maximum Gasteiger partial charge on any atom is 0.220 e. The number of amides is 2. The van der Waals surface area contributed by atoms with Crippen LogP contribution in [0.4, 0.5) is 0 Å². The lowest BCUT2D eigenvalue weighted by molar-refractivity contribution is -0.120. The van der Waals surface area contributed by atoms with Crippen molar-refractivity contribution in [1.82, 2.24) is 26.3 Å². The fourth-order valence-electron chi connectivity index (χ4n) is 7.41. The quantitative estimate of drug-likeness (QED) is 0.117. The van der Waals surface area contributed by atoms with Gasteiger partial charge in [-0.25, -0.2) is 4.98 Å². The van der Waals surface area contributed by atoms with Gasteiger partial charge in [-0.2, -0.15) is 0 Å². The molecule has 0 radical (unpaired) electrons. The van der Waals surface area contributed by atoms with Crippen LogP contribution in [0.15, 0.2) is 60.7 Å². The molecular formula is C41H43Cl2N5O4. The second-order valence-electron chi connectivity index (χ2n) is 13.6. The Hall–Kier alpha value is -4.41. The lowest BCUT2D eigenvalue weighted by Gasteiger charge is -2.16. The molecule has 0 bridgehead atoms. The van der Waals surface area contributed by atoms with Gasteiger partial charge in [-0.15, -0.1) is 0 Å². The van der Waals surface area contributed by atoms with Crippen LogP contribution in [-0.2, 0) is 29.1 Å². The maximum atomic E-state index is 11.6. The summed E-state index contributed by atoms with van der Waals surface area (Å²) in [7, 11) is 3.32. The summed E-state index contributed by atoms with van der Waals surface area (Å²) in [6.45, 7) is 2.65. The number of ether oxygens (including phenoxy) is 2. The SMILES string of the molecule is COc1cc2c(cc1CNC[C@@H]1CCC(=O)N1)CCC2=Cc1cccc(-c2cccc(-c3ccc(CNC[C@@H]4CCC(=O)N4)c(OC)n3)c2Cl)c1Cl. The average molecular weight is 741 g/mol. The van der Waals surface area contributed by atoms with Crippen molar-refractivity contribution >= 4 is 46.7 Å². The number of benzene rings is 3. The van der Waals surface area contributed by atoms with E-state index in [0.717, 1.165) is 71.4 Å². The van der Waals surface area contributed by atoms with Gasteiger partial charge >= 0.3 is 0 Å². The molecule has 2 fully saturated rings. The molecular weight excluding hydrogens is 697 g/mol. The number of allylic oxidation sites excluding steroid dienone is 1. The number of fused-ring (bicyclic) bond motifs is 1. The number of nitrogens with one attached hydrogen (secondary N) is 4. The second kappa shape index (κ2) is 16.1. The van der Waals surface area contributed by atoms with E-state index in [9.17, 15) is 9.59 Å². The third kappa shape index (κ3) is 7.83. The summed E-state index contributed by atoms with van der Waals surface area (Å²) in [6.07, 6.45) is 6.90. The van der Waals surface area contributed by atoms with Crippen LogP contribution in [0.1, 0.15) is 59.9 Å². The molecule has 52 heavy (non-hydrogen) atoms. The topological polar surface area (TPSA) is 114 Å². The van der Waals surface area contributed by atoms with Crippen molar-refractivity contribution in [1.29, 1.82) is 0 Å². The van der Waals surface area contributed by atoms with Gasteiger partial charge < -0.3 is 30.7 Å². The zero-order valence-corrected chi connectivity index (χ0v) is 30.9. The van der Waals surface area contributed by atoms with Crippen LogP contribution in [0.3, 0.4) is 0 Å². The summed E-state index contributed by atoms with van der Waals surface area (Å²) >= 11 is 14.3. The third-order valence-corrected chi connectivity index (χ3v) is 11.0. The lowest BCUT2D eigenvalue weighted by Crippen LogP contribution is -2.35. The molecule has 3 aliphatic rings. The highest BCUT2D eigenvalue weighted by molar-refractivity contribution is 6.38. The summed E-state index contributed by atoms with van der Waals surface area (Å²) in [6, 6.07) is 20.6. The lowest BCUT2D eigenvalue weighted by atomic mass is 9.97. The fourth-order valence-corrected chi connectivity index (χ4v) is 8.02. The highest BCUT2D eigenvalue weighted by Gasteiger charge is 2.24. The number of pyridine rings is 1. The van der Waals surface area contributed by atoms with Crippen LogP contribution in [0.5, 0.6) is 11.6 Å². The molecule has 1 aromatic heterocycles. The number of rotatable bonds is 13. The molecule has 4 N–H and O–H groups in total. The first-order valence-corrected chi connectivity index (χ1v) is 18.6. The first-order valence-electron chi connectivity index (χ1n) is 17.8. The van der Waals surface area contributed by atoms with Gasteiger partial charge in [-0.3, -0.25) is 9.59 Å². The van der Waals surface area contributed by atoms with Gasteiger partial charge in [-0.05, 0) is 66.2 Å². The van der Waals surface area contributed by atoms with Crippen molar-refractivity contribution in [2.45, 2.75) is 63.7 Å². The summed E-state index contributed by atoms with van der Waals surface area (Å²) in [5.74, 6) is 1.59. The molecule has 2 amide bonds. The first kappa shape index (κ1) is 36.0. The van der Waals surface area contributed by atoms with Crippen molar-refractivity contribution < 1.29 is 19.1 Å². The normalized spacial score (nSPS) is 18.8. The number of nitrogens with zero attached hydrogens (tertiary/aromatic N) is 1. The van der Waals surface area contributed by atoms with E-state index in [4.69, 9.17) is 37.7 Å². The number of hydrogen-bond donors (Lipinski definition) is 4. The van der Waals surface area contributed by atoms with Crippen LogP contribution >= 0.6 is 23.2 Å². The standard InChI is InChI=1S/C41H43Cl2N5O4/c1-51-36-19-34-24(9-10-25(34)18-28(36)21-45-23-30-13-16-38(50)47-30)17-26-5-3-6-31(39(26)42)32-7-4-8-33(40(32)43)35-14-11-27(41(48-35)52-2)20-44-22-29-12-15-37(49)46-29/h3-8,11,14,17-19,29-30,44-45H,9-10,12-13,15-16,20-23H2,1-2H3,(H,46,49)(H,47,50)/t29-,30-/m0/s1. The number of halogens is 2. The molecule has 2 aliphatic heterocycles. The van der Waals surface area contributed by atoms with E-state index in [1.165, 1.54) is 16.7 Å². The minimum Gasteiger partial charge on any atom is -0.496 e. The number of methoxy groups -OCH3 is 2. The maximum absolute atomic E-state index is 11.6. The zero-order chi connectivity index (χ0) is 36.2. The predicted octanol–water partition coefficient (Wildman–Crippen LogP) is 6.96. The van der Waals surface area contributed by atoms with E-state index in [0.29, 0.717) is 54.1 Å². The monoisotopic (exact) mass is 739 g/mol. The summed E-state index contributed by atoms with van der Waals surface area (Å²) < 4.78 is 11.5. The third-order valence-electron chi connectivity index (χ3n) is 10.2. The minimum absolute atomic E-state index is 0.105. The Morgan fingerprint density at radius 3 is 2.06 bits per heavy atom. The summed E-state index contributed by atoms with van der Waals surface area (Å²) in [5.41, 5.74) is 9.74. The molecule has 2 atom stereocenters. The fraction of sp³-hybridized carbons (Fsp3) is 0.341. The Bertz CT molecular complexity index is 2030. The van der Waals surface area contributed by atoms with E-state index < -0.39 is 0 Å². The van der Waals surface area contributed by atoms with Crippen molar-refractivity contribution in [3.63, 3.8) is 0 Å². The minimum atomic E-state index is 0.105. The Balaban J connectivity index is 1.09. The molecule has 11 heteroatoms. The average Bonchev–Trinajstić information content (AvgIpc) is 3.88. The molecule has 9 nitrogen and oxygen atoms in total. The van der Waals surface area contributed by atoms with Crippen LogP contribution in [0.25, 0.3) is 34.0 Å². The molecule has 7 rings (SSSR count). The number of hydrogen-bond acceptors (Lipinski definition) is 7. The Labute approximate surface area is 314 Å². The largest absolute Gasteiger partial charge is 0.496 e. The second-order valence-corrected chi connectivity index (χ2v) is 14.4. The molecule has 270 valence electrons. The van der Waals surface area contributed by atoms with Gasteiger partial charge in [-0.1, -0.05) is 71.7 Å². The van der Waals surface area contributed by atoms with Crippen molar-refractivity contribution in [3.8, 4) is 34.0 Å². The summed E-state index contributed by atoms with van der Waals surface area (Å²) in [5, 5.41) is 14.1. The number of aromatic nitrogens is 1. The molecule has 3 aromatic carbocycles. The van der Waals surface area contributed by atoms with E-state index in [1.54, 1.807) is 14.2 Å². The van der Waals surface area contributed by atoms with Crippen LogP contribution in [0.2, 0.25) is 10.0 Å². The van der Waals surface area contributed by atoms with E-state index in [2.05, 4.69) is 39.5 Å². The molecule has 3 heterocycles. The van der Waals surface area contributed by atoms with Gasteiger partial charge in [0.25, 0.3) is 0 Å². The zero-order valence-electron chi connectivity index (χ0n) is 29.4. The van der Waals surface area contributed by atoms with E-state index >= 15 is 0 Å². The van der Waals surface area contributed by atoms with Crippen molar-refractivity contribution in [2.24, 2.45) is 0 Å². The Morgan fingerprint density at radius 1 is 0.750 bits per heavy atom. The molecule has 4 aromatic rings. The molecule has 2 saturated heterocycles. The van der Waals surface area contributed by atoms with Crippen molar-refractivity contribution in [2.75, 3.05) is 27.3 Å². The molecule has 1 aliphatic carbocycles. The number of carbonyl (C=O) groups is 2. The van der Waals surface area contributed by atoms with Gasteiger partial charge in [0.2, 0.25) is 17.7 Å². The highest BCUT2D eigenvalue weighted by atomic mass is 35.5. The van der Waals surface area contributed by atoms with Gasteiger partial charge in [0, 0.05) is 78.9 Å². The van der Waals surface area contributed by atoms with E-state index in [-0.39, 0.29) is 23.9 Å². The van der Waals surface area contributed by atoms with Crippen LogP contribution < -0.4 is 30.7 Å². The highest BCUT2D eigenvalue weighted by Crippen LogP contribution is 2.43. The molecule has 0 spiro atoms. The van der Waals surface area contributed by atoms with Gasteiger partial charge in [0.15, 0.2) is 0 Å². The number of aryl methyl sites for hydroxylation is 1. The number of carbonyl (C=O) groups excluding carboxylic acids is 2. The van der Waals surface area contributed by atoms with Gasteiger partial charge in [0.1, 0.15) is 5.75 Å². The van der Waals surface area contributed by atoms with E-state index in [1.807, 2.05) is 48.5 Å². The van der Waals surface area contributed by atoms with Crippen LogP contribution in [-0.4, -0.2) is 56.2 Å².